The summed E-state index contributed by atoms with van der Waals surface area (Å²) in [5, 5.41) is 0. The van der Waals surface area contributed by atoms with Gasteiger partial charge in [0.25, 0.3) is 0 Å². The molecule has 1 amide bonds. The highest BCUT2D eigenvalue weighted by molar-refractivity contribution is 5.94. The molecule has 0 aliphatic carbocycles. The molecule has 1 aromatic carbocycles. The van der Waals surface area contributed by atoms with Crippen molar-refractivity contribution in [3.05, 3.63) is 29.8 Å². The van der Waals surface area contributed by atoms with E-state index in [9.17, 15) is 4.79 Å². The zero-order valence-electron chi connectivity index (χ0n) is 10.8. The van der Waals surface area contributed by atoms with E-state index in [0.717, 1.165) is 25.1 Å². The van der Waals surface area contributed by atoms with E-state index < -0.39 is 0 Å². The highest BCUT2D eigenvalue weighted by Gasteiger charge is 2.23. The molecule has 0 saturated carbocycles. The normalized spacial score (nSPS) is 16.2. The van der Waals surface area contributed by atoms with Gasteiger partial charge in [0.2, 0.25) is 5.91 Å². The second-order valence-corrected chi connectivity index (χ2v) is 4.58. The van der Waals surface area contributed by atoms with Crippen molar-refractivity contribution in [1.82, 2.24) is 0 Å². The fourth-order valence-corrected chi connectivity index (χ4v) is 2.36. The number of nitrogens with zero attached hydrogens (tertiary/aromatic N) is 1. The number of hydrogen-bond acceptors (Lipinski definition) is 3. The predicted octanol–water partition coefficient (Wildman–Crippen LogP) is 1.33. The lowest BCUT2D eigenvalue weighted by atomic mass is 10.0. The maximum Gasteiger partial charge on any atom is 0.229 e. The molecule has 4 nitrogen and oxygen atoms in total. The highest BCUT2D eigenvalue weighted by Crippen LogP contribution is 2.27. The third-order valence-electron chi connectivity index (χ3n) is 3.41. The standard InChI is InChI=1S/C14H20N2O2/c1-18-12(10-15)9-14(17)16-8-4-6-11-5-2-3-7-13(11)16/h2-3,5,7,12H,4,6,8-10,15H2,1H3. The van der Waals surface area contributed by atoms with Crippen LogP contribution in [0.4, 0.5) is 5.69 Å². The molecule has 0 bridgehead atoms. The largest absolute Gasteiger partial charge is 0.380 e. The number of carbonyl (C=O) groups excluding carboxylic acids is 1. The molecular weight excluding hydrogens is 228 g/mol. The number of nitrogens with two attached hydrogens (primary N) is 1. The van der Waals surface area contributed by atoms with Crippen LogP contribution in [0.1, 0.15) is 18.4 Å². The number of rotatable bonds is 4. The summed E-state index contributed by atoms with van der Waals surface area (Å²) in [6.45, 7) is 1.16. The van der Waals surface area contributed by atoms with Crippen LogP contribution in [0.15, 0.2) is 24.3 Å². The second kappa shape index (κ2) is 5.98. The maximum absolute atomic E-state index is 12.3. The van der Waals surface area contributed by atoms with Crippen molar-refractivity contribution in [2.45, 2.75) is 25.4 Å². The van der Waals surface area contributed by atoms with Crippen molar-refractivity contribution in [2.75, 3.05) is 25.1 Å². The van der Waals surface area contributed by atoms with Crippen LogP contribution in [-0.4, -0.2) is 32.2 Å². The van der Waals surface area contributed by atoms with Crippen molar-refractivity contribution in [3.63, 3.8) is 0 Å². The van der Waals surface area contributed by atoms with Crippen LogP contribution in [0.3, 0.4) is 0 Å². The van der Waals surface area contributed by atoms with Crippen molar-refractivity contribution in [1.29, 1.82) is 0 Å². The first kappa shape index (κ1) is 13.1. The monoisotopic (exact) mass is 248 g/mol. The van der Waals surface area contributed by atoms with E-state index in [1.807, 2.05) is 23.1 Å². The van der Waals surface area contributed by atoms with E-state index in [1.165, 1.54) is 5.56 Å². The summed E-state index contributed by atoms with van der Waals surface area (Å²) in [5.41, 5.74) is 7.85. The van der Waals surface area contributed by atoms with Gasteiger partial charge < -0.3 is 15.4 Å². The number of methoxy groups -OCH3 is 1. The average Bonchev–Trinajstić information content (AvgIpc) is 2.43. The van der Waals surface area contributed by atoms with Gasteiger partial charge in [-0.05, 0) is 24.5 Å². The summed E-state index contributed by atoms with van der Waals surface area (Å²) in [6, 6.07) is 8.09. The molecule has 18 heavy (non-hydrogen) atoms. The Morgan fingerprint density at radius 3 is 3.00 bits per heavy atom. The molecule has 1 aromatic rings. The first-order chi connectivity index (χ1) is 8.76. The van der Waals surface area contributed by atoms with Gasteiger partial charge in [0, 0.05) is 25.9 Å². The number of aryl methyl sites for hydroxylation is 1. The van der Waals surface area contributed by atoms with Crippen LogP contribution in [-0.2, 0) is 16.0 Å². The number of carbonyl (C=O) groups is 1. The van der Waals surface area contributed by atoms with E-state index in [4.69, 9.17) is 10.5 Å². The van der Waals surface area contributed by atoms with Gasteiger partial charge >= 0.3 is 0 Å². The molecule has 1 heterocycles. The Balaban J connectivity index is 2.12. The molecule has 1 aliphatic heterocycles. The molecule has 0 radical (unpaired) electrons. The first-order valence-electron chi connectivity index (χ1n) is 6.37. The molecule has 0 aromatic heterocycles. The van der Waals surface area contributed by atoms with Gasteiger partial charge in [-0.1, -0.05) is 18.2 Å². The molecule has 0 spiro atoms. The lowest BCUT2D eigenvalue weighted by molar-refractivity contribution is -0.120. The van der Waals surface area contributed by atoms with E-state index in [0.29, 0.717) is 13.0 Å². The molecule has 2 N–H and O–H groups in total. The third-order valence-corrected chi connectivity index (χ3v) is 3.41. The fraction of sp³-hybridized carbons (Fsp3) is 0.500. The van der Waals surface area contributed by atoms with Crippen molar-refractivity contribution in [3.8, 4) is 0 Å². The number of amides is 1. The van der Waals surface area contributed by atoms with Gasteiger partial charge in [0.15, 0.2) is 0 Å². The summed E-state index contributed by atoms with van der Waals surface area (Å²) < 4.78 is 5.18. The van der Waals surface area contributed by atoms with Gasteiger partial charge in [0.1, 0.15) is 0 Å². The fourth-order valence-electron chi connectivity index (χ4n) is 2.36. The quantitative estimate of drug-likeness (QED) is 0.874. The zero-order chi connectivity index (χ0) is 13.0. The molecule has 4 heteroatoms. The Kier molecular flexibility index (Phi) is 4.33. The molecule has 2 rings (SSSR count). The van der Waals surface area contributed by atoms with Gasteiger partial charge in [0.05, 0.1) is 12.5 Å². The van der Waals surface area contributed by atoms with Gasteiger partial charge in [-0.2, -0.15) is 0 Å². The number of hydrogen-bond donors (Lipinski definition) is 1. The average molecular weight is 248 g/mol. The van der Waals surface area contributed by atoms with Crippen molar-refractivity contribution < 1.29 is 9.53 Å². The Morgan fingerprint density at radius 1 is 1.50 bits per heavy atom. The highest BCUT2D eigenvalue weighted by atomic mass is 16.5. The minimum absolute atomic E-state index is 0.0967. The Morgan fingerprint density at radius 2 is 2.28 bits per heavy atom. The molecule has 1 aliphatic rings. The van der Waals surface area contributed by atoms with E-state index >= 15 is 0 Å². The topological polar surface area (TPSA) is 55.6 Å². The third kappa shape index (κ3) is 2.71. The minimum atomic E-state index is -0.188. The summed E-state index contributed by atoms with van der Waals surface area (Å²) in [6.07, 6.45) is 2.22. The second-order valence-electron chi connectivity index (χ2n) is 4.58. The molecule has 1 atom stereocenters. The van der Waals surface area contributed by atoms with Crippen LogP contribution in [0, 0.1) is 0 Å². The summed E-state index contributed by atoms with van der Waals surface area (Å²) in [7, 11) is 1.59. The molecule has 98 valence electrons. The lowest BCUT2D eigenvalue weighted by Crippen LogP contribution is -2.39. The number of anilines is 1. The molecule has 0 saturated heterocycles. The number of fused-ring (bicyclic) bond motifs is 1. The van der Waals surface area contributed by atoms with Gasteiger partial charge in [-0.15, -0.1) is 0 Å². The van der Waals surface area contributed by atoms with Gasteiger partial charge in [-0.25, -0.2) is 0 Å². The summed E-state index contributed by atoms with van der Waals surface area (Å²) in [5.74, 6) is 0.0967. The zero-order valence-corrected chi connectivity index (χ0v) is 10.8. The molecule has 0 fully saturated rings. The SMILES string of the molecule is COC(CN)CC(=O)N1CCCc2ccccc21. The smallest absolute Gasteiger partial charge is 0.229 e. The number of ether oxygens (including phenoxy) is 1. The Labute approximate surface area is 108 Å². The maximum atomic E-state index is 12.3. The lowest BCUT2D eigenvalue weighted by Gasteiger charge is -2.30. The van der Waals surface area contributed by atoms with Crippen molar-refractivity contribution >= 4 is 11.6 Å². The van der Waals surface area contributed by atoms with Crippen LogP contribution in [0.25, 0.3) is 0 Å². The number of benzene rings is 1. The van der Waals surface area contributed by atoms with E-state index in [1.54, 1.807) is 7.11 Å². The van der Waals surface area contributed by atoms with Gasteiger partial charge in [-0.3, -0.25) is 4.79 Å². The summed E-state index contributed by atoms with van der Waals surface area (Å²) in [4.78, 5) is 14.1. The summed E-state index contributed by atoms with van der Waals surface area (Å²) >= 11 is 0. The molecule has 1 unspecified atom stereocenters. The number of para-hydroxylation sites is 1. The van der Waals surface area contributed by atoms with Crippen LogP contribution in [0.5, 0.6) is 0 Å². The van der Waals surface area contributed by atoms with Crippen molar-refractivity contribution in [2.24, 2.45) is 5.73 Å². The minimum Gasteiger partial charge on any atom is -0.380 e. The van der Waals surface area contributed by atoms with E-state index in [2.05, 4.69) is 6.07 Å². The molecular formula is C14H20N2O2. The van der Waals surface area contributed by atoms with Crippen LogP contribution < -0.4 is 10.6 Å². The Bertz CT molecular complexity index is 416. The van der Waals surface area contributed by atoms with Crippen LogP contribution in [0.2, 0.25) is 0 Å². The first-order valence-corrected chi connectivity index (χ1v) is 6.37. The predicted molar refractivity (Wildman–Crippen MR) is 71.6 cm³/mol. The van der Waals surface area contributed by atoms with E-state index in [-0.39, 0.29) is 12.0 Å². The Hall–Kier alpha value is -1.39. The van der Waals surface area contributed by atoms with Crippen LogP contribution >= 0.6 is 0 Å².